The maximum atomic E-state index is 6.01. The highest BCUT2D eigenvalue weighted by molar-refractivity contribution is 5.94. The number of hydrogen-bond acceptors (Lipinski definition) is 4. The normalized spacial score (nSPS) is 11.6. The molecule has 27 heavy (non-hydrogen) atoms. The smallest absolute Gasteiger partial charge is 0.253 e. The lowest BCUT2D eigenvalue weighted by molar-refractivity contribution is 0.306. The number of anilines is 1. The van der Waals surface area contributed by atoms with Gasteiger partial charge in [-0.2, -0.15) is 4.99 Å². The van der Waals surface area contributed by atoms with Crippen LogP contribution in [0.4, 0.5) is 11.6 Å². The van der Waals surface area contributed by atoms with Crippen molar-refractivity contribution in [3.05, 3.63) is 54.2 Å². The van der Waals surface area contributed by atoms with Crippen molar-refractivity contribution in [2.75, 3.05) is 11.9 Å². The van der Waals surface area contributed by atoms with Crippen LogP contribution in [-0.4, -0.2) is 22.5 Å². The summed E-state index contributed by atoms with van der Waals surface area (Å²) in [5.74, 6) is 1.43. The van der Waals surface area contributed by atoms with Crippen LogP contribution in [0.25, 0.3) is 10.9 Å². The number of rotatable bonds is 7. The van der Waals surface area contributed by atoms with Crippen molar-refractivity contribution in [2.45, 2.75) is 33.1 Å². The summed E-state index contributed by atoms with van der Waals surface area (Å²) < 4.78 is 5.71. The monoisotopic (exact) mass is 363 g/mol. The van der Waals surface area contributed by atoms with Crippen LogP contribution < -0.4 is 15.8 Å². The second kappa shape index (κ2) is 8.98. The molecule has 0 amide bonds. The predicted octanol–water partition coefficient (Wildman–Crippen LogP) is 4.57. The van der Waals surface area contributed by atoms with Gasteiger partial charge >= 0.3 is 0 Å². The second-order valence-corrected chi connectivity index (χ2v) is 6.33. The number of para-hydroxylation sites is 1. The third kappa shape index (κ3) is 5.17. The van der Waals surface area contributed by atoms with Crippen LogP contribution in [0.3, 0.4) is 0 Å². The summed E-state index contributed by atoms with van der Waals surface area (Å²) in [5, 5.41) is 4.07. The van der Waals surface area contributed by atoms with Crippen molar-refractivity contribution in [3.8, 4) is 5.75 Å². The van der Waals surface area contributed by atoms with Crippen molar-refractivity contribution < 1.29 is 4.74 Å². The molecule has 3 N–H and O–H groups in total. The molecule has 6 heteroatoms. The molecule has 1 heterocycles. The van der Waals surface area contributed by atoms with Crippen LogP contribution in [0.5, 0.6) is 5.75 Å². The molecular formula is C21H25N5O. The molecule has 6 nitrogen and oxygen atoms in total. The molecule has 0 fully saturated rings. The molecule has 1 aromatic heterocycles. The summed E-state index contributed by atoms with van der Waals surface area (Å²) >= 11 is 0. The van der Waals surface area contributed by atoms with Gasteiger partial charge in [-0.1, -0.05) is 38.0 Å². The quantitative estimate of drug-likeness (QED) is 0.365. The van der Waals surface area contributed by atoms with Gasteiger partial charge in [0.05, 0.1) is 17.8 Å². The molecule has 3 aromatic rings. The predicted molar refractivity (Wildman–Crippen MR) is 111 cm³/mol. The zero-order valence-corrected chi connectivity index (χ0v) is 15.8. The van der Waals surface area contributed by atoms with E-state index < -0.39 is 0 Å². The Morgan fingerprint density at radius 3 is 2.63 bits per heavy atom. The number of unbranched alkanes of at least 4 members (excludes halogenated alkanes) is 2. The number of ether oxygens (including phenoxy) is 1. The fourth-order valence-corrected chi connectivity index (χ4v) is 2.73. The minimum atomic E-state index is 0.237. The van der Waals surface area contributed by atoms with Gasteiger partial charge in [-0.25, -0.2) is 9.97 Å². The number of nitrogens with zero attached hydrogens (tertiary/aromatic N) is 3. The minimum Gasteiger partial charge on any atom is -0.494 e. The Balaban J connectivity index is 1.65. The Morgan fingerprint density at radius 2 is 1.85 bits per heavy atom. The molecule has 0 aliphatic carbocycles. The minimum absolute atomic E-state index is 0.237. The van der Waals surface area contributed by atoms with E-state index in [2.05, 4.69) is 27.2 Å². The lowest BCUT2D eigenvalue weighted by atomic mass is 10.2. The molecule has 0 aliphatic rings. The van der Waals surface area contributed by atoms with Crippen molar-refractivity contribution in [3.63, 3.8) is 0 Å². The third-order valence-corrected chi connectivity index (χ3v) is 4.15. The van der Waals surface area contributed by atoms with E-state index in [1.165, 1.54) is 12.8 Å². The van der Waals surface area contributed by atoms with E-state index in [9.17, 15) is 0 Å². The lowest BCUT2D eigenvalue weighted by Gasteiger charge is -2.08. The lowest BCUT2D eigenvalue weighted by Crippen LogP contribution is -2.22. The number of aryl methyl sites for hydroxylation is 1. The second-order valence-electron chi connectivity index (χ2n) is 6.33. The van der Waals surface area contributed by atoms with Crippen LogP contribution >= 0.6 is 0 Å². The maximum Gasteiger partial charge on any atom is 0.253 e. The van der Waals surface area contributed by atoms with Gasteiger partial charge in [0.25, 0.3) is 5.95 Å². The number of fused-ring (bicyclic) bond motifs is 1. The van der Waals surface area contributed by atoms with E-state index >= 15 is 0 Å². The van der Waals surface area contributed by atoms with Gasteiger partial charge in [-0.15, -0.1) is 0 Å². The molecule has 0 unspecified atom stereocenters. The van der Waals surface area contributed by atoms with Gasteiger partial charge in [0.1, 0.15) is 5.75 Å². The largest absolute Gasteiger partial charge is 0.494 e. The highest BCUT2D eigenvalue weighted by Crippen LogP contribution is 2.19. The molecule has 0 saturated carbocycles. The Kier molecular flexibility index (Phi) is 6.20. The summed E-state index contributed by atoms with van der Waals surface area (Å²) in [5.41, 5.74) is 8.56. The molecule has 3 rings (SSSR count). The highest BCUT2D eigenvalue weighted by atomic mass is 16.5. The number of nitrogens with two attached hydrogens (primary N) is 1. The summed E-state index contributed by atoms with van der Waals surface area (Å²) in [7, 11) is 0. The molecule has 0 atom stereocenters. The van der Waals surface area contributed by atoms with E-state index in [4.69, 9.17) is 10.5 Å². The van der Waals surface area contributed by atoms with Crippen molar-refractivity contribution in [2.24, 2.45) is 10.7 Å². The third-order valence-electron chi connectivity index (χ3n) is 4.15. The van der Waals surface area contributed by atoms with E-state index in [-0.39, 0.29) is 5.96 Å². The fourth-order valence-electron chi connectivity index (χ4n) is 2.73. The Bertz CT molecular complexity index is 922. The summed E-state index contributed by atoms with van der Waals surface area (Å²) in [6, 6.07) is 15.5. The average Bonchev–Trinajstić information content (AvgIpc) is 2.66. The molecule has 2 aromatic carbocycles. The molecule has 0 saturated heterocycles. The fraction of sp³-hybridized carbons (Fsp3) is 0.286. The first-order valence-corrected chi connectivity index (χ1v) is 9.23. The van der Waals surface area contributed by atoms with Gasteiger partial charge in [0.2, 0.25) is 5.96 Å². The van der Waals surface area contributed by atoms with E-state index in [1.807, 2.05) is 55.5 Å². The first-order chi connectivity index (χ1) is 13.2. The van der Waals surface area contributed by atoms with Crippen LogP contribution in [0.1, 0.15) is 31.9 Å². The SMILES string of the molecule is CCCCCOc1ccc(N/C(N)=N/c2nc(C)c3ccccc3n2)cc1. The summed E-state index contributed by atoms with van der Waals surface area (Å²) in [6.07, 6.45) is 3.44. The van der Waals surface area contributed by atoms with E-state index in [0.29, 0.717) is 5.95 Å². The molecule has 0 aliphatic heterocycles. The van der Waals surface area contributed by atoms with Gasteiger partial charge < -0.3 is 15.8 Å². The van der Waals surface area contributed by atoms with Gasteiger partial charge in [0.15, 0.2) is 0 Å². The van der Waals surface area contributed by atoms with Crippen LogP contribution in [-0.2, 0) is 0 Å². The first kappa shape index (κ1) is 18.6. The molecule has 0 spiro atoms. The van der Waals surface area contributed by atoms with Crippen molar-refractivity contribution >= 4 is 28.5 Å². The Hall–Kier alpha value is -3.15. The number of guanidine groups is 1. The standard InChI is InChI=1S/C21H25N5O/c1-3-4-7-14-27-17-12-10-16(11-13-17)24-20(22)26-21-23-15(2)18-8-5-6-9-19(18)25-21/h5-6,8-13H,3-4,7,14H2,1-2H3,(H3,22,23,24,25,26). The number of benzene rings is 2. The van der Waals surface area contributed by atoms with Gasteiger partial charge in [0, 0.05) is 11.1 Å². The summed E-state index contributed by atoms with van der Waals surface area (Å²) in [6.45, 7) is 4.85. The maximum absolute atomic E-state index is 6.01. The zero-order chi connectivity index (χ0) is 19.1. The van der Waals surface area contributed by atoms with Gasteiger partial charge in [-0.05, 0) is 43.7 Å². The Labute approximate surface area is 159 Å². The molecule has 140 valence electrons. The Morgan fingerprint density at radius 1 is 1.07 bits per heavy atom. The van der Waals surface area contributed by atoms with Crippen LogP contribution in [0, 0.1) is 6.92 Å². The molecule has 0 bridgehead atoms. The topological polar surface area (TPSA) is 85.4 Å². The van der Waals surface area contributed by atoms with Gasteiger partial charge in [-0.3, -0.25) is 0 Å². The van der Waals surface area contributed by atoms with Crippen molar-refractivity contribution in [1.29, 1.82) is 0 Å². The number of nitrogens with one attached hydrogen (secondary N) is 1. The number of hydrogen-bond donors (Lipinski definition) is 2. The van der Waals surface area contributed by atoms with E-state index in [0.717, 1.165) is 41.1 Å². The first-order valence-electron chi connectivity index (χ1n) is 9.23. The molecular weight excluding hydrogens is 338 g/mol. The average molecular weight is 363 g/mol. The zero-order valence-electron chi connectivity index (χ0n) is 15.8. The molecule has 0 radical (unpaired) electrons. The van der Waals surface area contributed by atoms with Crippen LogP contribution in [0.15, 0.2) is 53.5 Å². The highest BCUT2D eigenvalue weighted by Gasteiger charge is 2.04. The number of aromatic nitrogens is 2. The van der Waals surface area contributed by atoms with E-state index in [1.54, 1.807) is 0 Å². The van der Waals surface area contributed by atoms with Crippen LogP contribution in [0.2, 0.25) is 0 Å². The number of aliphatic imine (C=N–C) groups is 1. The van der Waals surface area contributed by atoms with Crippen molar-refractivity contribution in [1.82, 2.24) is 9.97 Å². The summed E-state index contributed by atoms with van der Waals surface area (Å²) in [4.78, 5) is 13.1.